The van der Waals surface area contributed by atoms with Crippen LogP contribution in [0.5, 0.6) is 0 Å². The normalized spacial score (nSPS) is 15.5. The van der Waals surface area contributed by atoms with Crippen LogP contribution in [0.25, 0.3) is 0 Å². The first-order valence-electron chi connectivity index (χ1n) is 9.47. The summed E-state index contributed by atoms with van der Waals surface area (Å²) in [7, 11) is -4.64. The second kappa shape index (κ2) is 9.00. The van der Waals surface area contributed by atoms with E-state index in [2.05, 4.69) is 17.1 Å². The van der Waals surface area contributed by atoms with Crippen molar-refractivity contribution >= 4 is 21.4 Å². The van der Waals surface area contributed by atoms with E-state index in [4.69, 9.17) is 0 Å². The molecule has 5 nitrogen and oxygen atoms in total. The fourth-order valence-electron chi connectivity index (χ4n) is 3.25. The largest absolute Gasteiger partial charge is 0.341 e. The second-order valence-electron chi connectivity index (χ2n) is 7.35. The number of halogens is 2. The van der Waals surface area contributed by atoms with Crippen molar-refractivity contribution in [3.05, 3.63) is 60.2 Å². The Kier molecular flexibility index (Phi) is 6.64. The minimum Gasteiger partial charge on any atom is -0.325 e. The summed E-state index contributed by atoms with van der Waals surface area (Å²) >= 11 is 0. The summed E-state index contributed by atoms with van der Waals surface area (Å²) in [6, 6.07) is 15.0. The topological polar surface area (TPSA) is 66.5 Å². The Morgan fingerprint density at radius 2 is 1.72 bits per heavy atom. The summed E-state index contributed by atoms with van der Waals surface area (Å²) in [5, 5.41) is 2.72. The lowest BCUT2D eigenvalue weighted by Crippen LogP contribution is -2.40. The summed E-state index contributed by atoms with van der Waals surface area (Å²) in [6.07, 6.45) is 2.32. The highest BCUT2D eigenvalue weighted by Crippen LogP contribution is 2.35. The molecule has 1 N–H and O–H groups in total. The third kappa shape index (κ3) is 5.61. The van der Waals surface area contributed by atoms with E-state index in [1.54, 1.807) is 0 Å². The Morgan fingerprint density at radius 1 is 1.10 bits per heavy atom. The minimum absolute atomic E-state index is 0.184. The van der Waals surface area contributed by atoms with E-state index in [1.807, 2.05) is 30.3 Å². The van der Waals surface area contributed by atoms with Gasteiger partial charge in [-0.15, -0.1) is 0 Å². The van der Waals surface area contributed by atoms with Crippen LogP contribution in [-0.4, -0.2) is 37.6 Å². The molecule has 0 aromatic heterocycles. The van der Waals surface area contributed by atoms with Crippen LogP contribution in [0, 0.1) is 5.92 Å². The zero-order chi connectivity index (χ0) is 21.0. The van der Waals surface area contributed by atoms with E-state index in [9.17, 15) is 22.0 Å². The van der Waals surface area contributed by atoms with Crippen LogP contribution in [0.4, 0.5) is 14.5 Å². The third-order valence-corrected chi connectivity index (χ3v) is 6.55. The fraction of sp³-hybridized carbons (Fsp3) is 0.381. The van der Waals surface area contributed by atoms with Gasteiger partial charge in [0.15, 0.2) is 0 Å². The van der Waals surface area contributed by atoms with Crippen molar-refractivity contribution in [3.8, 4) is 0 Å². The summed E-state index contributed by atoms with van der Waals surface area (Å²) in [5.74, 6) is -3.12. The molecule has 1 amide bonds. The lowest BCUT2D eigenvalue weighted by atomic mass is 10.1. The van der Waals surface area contributed by atoms with Crippen molar-refractivity contribution in [1.29, 1.82) is 0 Å². The SMILES string of the molecule is CC(C1CC1)N(CC(=O)Nc1ccc(S(=O)(=O)C(F)F)cc1)Cc1ccccc1. The number of nitrogens with one attached hydrogen (secondary N) is 1. The third-order valence-electron chi connectivity index (χ3n) is 5.16. The summed E-state index contributed by atoms with van der Waals surface area (Å²) < 4.78 is 48.2. The van der Waals surface area contributed by atoms with Gasteiger partial charge in [-0.1, -0.05) is 30.3 Å². The van der Waals surface area contributed by atoms with Crippen LogP contribution in [0.15, 0.2) is 59.5 Å². The molecule has 0 radical (unpaired) electrons. The molecule has 1 fully saturated rings. The molecule has 0 aliphatic heterocycles. The zero-order valence-corrected chi connectivity index (χ0v) is 16.9. The van der Waals surface area contributed by atoms with Gasteiger partial charge in [0.2, 0.25) is 15.7 Å². The van der Waals surface area contributed by atoms with Gasteiger partial charge < -0.3 is 5.32 Å². The molecule has 1 saturated carbocycles. The van der Waals surface area contributed by atoms with E-state index < -0.39 is 20.5 Å². The van der Waals surface area contributed by atoms with E-state index in [1.165, 1.54) is 12.1 Å². The standard InChI is InChI=1S/C21H24F2N2O3S/c1-15(17-7-8-17)25(13-16-5-3-2-4-6-16)14-20(26)24-18-9-11-19(12-10-18)29(27,28)21(22)23/h2-6,9-12,15,17,21H,7-8,13-14H2,1H3,(H,24,26). The van der Waals surface area contributed by atoms with Crippen LogP contribution in [0.2, 0.25) is 0 Å². The molecule has 1 unspecified atom stereocenters. The Hall–Kier alpha value is -2.32. The Bertz CT molecular complexity index is 930. The molecule has 1 atom stereocenters. The number of nitrogens with zero attached hydrogens (tertiary/aromatic N) is 1. The van der Waals surface area contributed by atoms with Gasteiger partial charge in [-0.25, -0.2) is 8.42 Å². The number of carbonyl (C=O) groups excluding carboxylic acids is 1. The molecule has 0 spiro atoms. The molecular weight excluding hydrogens is 398 g/mol. The predicted octanol–water partition coefficient (Wildman–Crippen LogP) is 3.92. The monoisotopic (exact) mass is 422 g/mol. The van der Waals surface area contributed by atoms with E-state index in [-0.39, 0.29) is 18.5 Å². The quantitative estimate of drug-likeness (QED) is 0.665. The minimum atomic E-state index is -4.64. The number of hydrogen-bond donors (Lipinski definition) is 1. The van der Waals surface area contributed by atoms with Gasteiger partial charge in [0.05, 0.1) is 11.4 Å². The van der Waals surface area contributed by atoms with Gasteiger partial charge in [0.1, 0.15) is 0 Å². The lowest BCUT2D eigenvalue weighted by molar-refractivity contribution is -0.118. The van der Waals surface area contributed by atoms with Crippen molar-refractivity contribution in [2.24, 2.45) is 5.92 Å². The van der Waals surface area contributed by atoms with Crippen LogP contribution in [-0.2, 0) is 21.2 Å². The number of hydrogen-bond acceptors (Lipinski definition) is 4. The molecule has 29 heavy (non-hydrogen) atoms. The fourth-order valence-corrected chi connectivity index (χ4v) is 3.98. The van der Waals surface area contributed by atoms with Crippen molar-refractivity contribution in [2.45, 2.75) is 43.0 Å². The smallest absolute Gasteiger partial charge is 0.325 e. The highest BCUT2D eigenvalue weighted by Gasteiger charge is 2.33. The van der Waals surface area contributed by atoms with Gasteiger partial charge in [-0.3, -0.25) is 9.69 Å². The second-order valence-corrected chi connectivity index (χ2v) is 9.26. The van der Waals surface area contributed by atoms with Gasteiger partial charge in [0, 0.05) is 18.3 Å². The molecular formula is C21H24F2N2O3S. The van der Waals surface area contributed by atoms with Crippen molar-refractivity contribution in [2.75, 3.05) is 11.9 Å². The van der Waals surface area contributed by atoms with Crippen molar-refractivity contribution < 1.29 is 22.0 Å². The van der Waals surface area contributed by atoms with E-state index in [0.717, 1.165) is 30.5 Å². The van der Waals surface area contributed by atoms with Gasteiger partial charge in [-0.2, -0.15) is 8.78 Å². The average molecular weight is 422 g/mol. The first kappa shape index (κ1) is 21.4. The molecule has 0 saturated heterocycles. The van der Waals surface area contributed by atoms with Crippen LogP contribution in [0.1, 0.15) is 25.3 Å². The Morgan fingerprint density at radius 3 is 2.28 bits per heavy atom. The van der Waals surface area contributed by atoms with Gasteiger partial charge in [-0.05, 0) is 55.5 Å². The Balaban J connectivity index is 1.65. The molecule has 2 aromatic rings. The average Bonchev–Trinajstić information content (AvgIpc) is 3.53. The number of amides is 1. The molecule has 156 valence electrons. The molecule has 2 aromatic carbocycles. The number of sulfone groups is 1. The highest BCUT2D eigenvalue weighted by molar-refractivity contribution is 7.91. The van der Waals surface area contributed by atoms with E-state index >= 15 is 0 Å². The molecule has 0 bridgehead atoms. The van der Waals surface area contributed by atoms with Crippen molar-refractivity contribution in [3.63, 3.8) is 0 Å². The van der Waals surface area contributed by atoms with Crippen molar-refractivity contribution in [1.82, 2.24) is 4.90 Å². The summed E-state index contributed by atoms with van der Waals surface area (Å²) in [5.41, 5.74) is 1.48. The molecule has 0 heterocycles. The van der Waals surface area contributed by atoms with Gasteiger partial charge in [0.25, 0.3) is 0 Å². The molecule has 1 aliphatic rings. The molecule has 8 heteroatoms. The number of rotatable bonds is 9. The summed E-state index contributed by atoms with van der Waals surface area (Å²) in [6.45, 7) is 2.96. The Labute approximate surface area is 169 Å². The maximum atomic E-state index is 12.6. The van der Waals surface area contributed by atoms with Crippen LogP contribution >= 0.6 is 0 Å². The molecule has 3 rings (SSSR count). The zero-order valence-electron chi connectivity index (χ0n) is 16.1. The number of benzene rings is 2. The van der Waals surface area contributed by atoms with Crippen LogP contribution in [0.3, 0.4) is 0 Å². The summed E-state index contributed by atoms with van der Waals surface area (Å²) in [4.78, 5) is 14.2. The van der Waals surface area contributed by atoms with E-state index in [0.29, 0.717) is 18.2 Å². The highest BCUT2D eigenvalue weighted by atomic mass is 32.2. The first-order chi connectivity index (χ1) is 13.8. The number of anilines is 1. The number of carbonyl (C=O) groups is 1. The first-order valence-corrected chi connectivity index (χ1v) is 11.0. The maximum Gasteiger partial charge on any atom is 0.341 e. The maximum absolute atomic E-state index is 12.6. The molecule has 1 aliphatic carbocycles. The number of alkyl halides is 2. The predicted molar refractivity (Wildman–Crippen MR) is 107 cm³/mol. The van der Waals surface area contributed by atoms with Crippen LogP contribution < -0.4 is 5.32 Å². The lowest BCUT2D eigenvalue weighted by Gasteiger charge is -2.28. The van der Waals surface area contributed by atoms with Gasteiger partial charge >= 0.3 is 5.76 Å².